The first-order valence-electron chi connectivity index (χ1n) is 2.43. The number of aliphatic hydroxyl groups excluding tert-OH is 1. The van der Waals surface area contributed by atoms with E-state index >= 15 is 0 Å². The van der Waals surface area contributed by atoms with Crippen molar-refractivity contribution in [3.05, 3.63) is 12.2 Å². The smallest absolute Gasteiger partial charge is 0.0861 e. The minimum Gasteiger partial charge on any atom is -0.389 e. The van der Waals surface area contributed by atoms with E-state index in [9.17, 15) is 0 Å². The van der Waals surface area contributed by atoms with Gasteiger partial charge in [-0.25, -0.2) is 5.90 Å². The third-order valence-corrected chi connectivity index (χ3v) is 0.607. The summed E-state index contributed by atoms with van der Waals surface area (Å²) in [6.07, 6.45) is 2.85. The Bertz CT molecular complexity index is 70.8. The first kappa shape index (κ1) is 7.62. The van der Waals surface area contributed by atoms with E-state index in [0.29, 0.717) is 6.61 Å². The topological polar surface area (TPSA) is 55.5 Å². The Morgan fingerprint density at radius 3 is 2.88 bits per heavy atom. The normalized spacial score (nSPS) is 14.9. The molecule has 8 heavy (non-hydrogen) atoms. The minimum absolute atomic E-state index is 0.352. The lowest BCUT2D eigenvalue weighted by Gasteiger charge is -1.91. The highest BCUT2D eigenvalue weighted by molar-refractivity contribution is 4.85. The molecule has 0 aromatic carbocycles. The van der Waals surface area contributed by atoms with Crippen LogP contribution in [-0.2, 0) is 4.84 Å². The van der Waals surface area contributed by atoms with Crippen molar-refractivity contribution in [2.75, 3.05) is 6.61 Å². The SMILES string of the molecule is CC(O)C=CCON. The summed E-state index contributed by atoms with van der Waals surface area (Å²) in [5, 5.41) is 8.60. The molecule has 0 radical (unpaired) electrons. The van der Waals surface area contributed by atoms with Gasteiger partial charge in [0.1, 0.15) is 0 Å². The molecule has 3 nitrogen and oxygen atoms in total. The van der Waals surface area contributed by atoms with E-state index in [0.717, 1.165) is 0 Å². The summed E-state index contributed by atoms with van der Waals surface area (Å²) in [4.78, 5) is 4.19. The van der Waals surface area contributed by atoms with Gasteiger partial charge in [-0.05, 0) is 6.92 Å². The Morgan fingerprint density at radius 2 is 2.50 bits per heavy atom. The van der Waals surface area contributed by atoms with Crippen LogP contribution in [0.25, 0.3) is 0 Å². The van der Waals surface area contributed by atoms with Crippen LogP contribution in [0.15, 0.2) is 12.2 Å². The van der Waals surface area contributed by atoms with E-state index in [2.05, 4.69) is 10.7 Å². The molecule has 0 spiro atoms. The Morgan fingerprint density at radius 1 is 1.88 bits per heavy atom. The highest BCUT2D eigenvalue weighted by atomic mass is 16.6. The lowest BCUT2D eigenvalue weighted by molar-refractivity contribution is 0.166. The van der Waals surface area contributed by atoms with Crippen LogP contribution in [0.4, 0.5) is 0 Å². The number of nitrogens with two attached hydrogens (primary N) is 1. The van der Waals surface area contributed by atoms with Crippen molar-refractivity contribution in [1.82, 2.24) is 0 Å². The Kier molecular flexibility index (Phi) is 4.54. The molecule has 0 rings (SSSR count). The number of hydrogen-bond donors (Lipinski definition) is 2. The molecule has 0 aliphatic carbocycles. The van der Waals surface area contributed by atoms with Crippen molar-refractivity contribution in [2.45, 2.75) is 13.0 Å². The van der Waals surface area contributed by atoms with Crippen molar-refractivity contribution in [1.29, 1.82) is 0 Å². The number of aliphatic hydroxyl groups is 1. The third-order valence-electron chi connectivity index (χ3n) is 0.607. The Hall–Kier alpha value is -0.380. The van der Waals surface area contributed by atoms with Gasteiger partial charge in [-0.15, -0.1) is 0 Å². The molecule has 0 bridgehead atoms. The zero-order valence-electron chi connectivity index (χ0n) is 4.87. The predicted molar refractivity (Wildman–Crippen MR) is 31.0 cm³/mol. The van der Waals surface area contributed by atoms with Gasteiger partial charge in [0.15, 0.2) is 0 Å². The quantitative estimate of drug-likeness (QED) is 0.398. The standard InChI is InChI=1S/C5H11NO2/c1-5(7)3-2-4-8-6/h2-3,5,7H,4,6H2,1H3. The fourth-order valence-corrected chi connectivity index (χ4v) is 0.308. The Labute approximate surface area is 48.7 Å². The summed E-state index contributed by atoms with van der Waals surface area (Å²) in [5.74, 6) is 4.68. The highest BCUT2D eigenvalue weighted by Gasteiger charge is 1.81. The van der Waals surface area contributed by atoms with Gasteiger partial charge < -0.3 is 9.94 Å². The van der Waals surface area contributed by atoms with Crippen molar-refractivity contribution in [2.24, 2.45) is 5.90 Å². The molecular formula is C5H11NO2. The summed E-state index contributed by atoms with van der Waals surface area (Å²) >= 11 is 0. The number of hydrogen-bond acceptors (Lipinski definition) is 3. The average Bonchev–Trinajstić information content (AvgIpc) is 1.66. The lowest BCUT2D eigenvalue weighted by atomic mass is 10.4. The molecule has 0 saturated carbocycles. The molecule has 48 valence electrons. The average molecular weight is 117 g/mol. The van der Waals surface area contributed by atoms with Crippen molar-refractivity contribution < 1.29 is 9.94 Å². The van der Waals surface area contributed by atoms with Crippen molar-refractivity contribution in [3.8, 4) is 0 Å². The molecule has 0 aromatic heterocycles. The molecule has 0 amide bonds. The predicted octanol–water partition coefficient (Wildman–Crippen LogP) is -0.186. The van der Waals surface area contributed by atoms with Gasteiger partial charge in [-0.2, -0.15) is 0 Å². The molecule has 1 unspecified atom stereocenters. The second-order valence-corrected chi connectivity index (χ2v) is 1.50. The zero-order valence-corrected chi connectivity index (χ0v) is 4.87. The van der Waals surface area contributed by atoms with E-state index in [1.807, 2.05) is 0 Å². The van der Waals surface area contributed by atoms with Crippen LogP contribution in [0.1, 0.15) is 6.92 Å². The molecule has 0 aliphatic rings. The maximum Gasteiger partial charge on any atom is 0.0861 e. The van der Waals surface area contributed by atoms with Gasteiger partial charge in [0, 0.05) is 0 Å². The van der Waals surface area contributed by atoms with Crippen LogP contribution in [0, 0.1) is 0 Å². The van der Waals surface area contributed by atoms with E-state index in [1.54, 1.807) is 19.1 Å². The van der Waals surface area contributed by atoms with Crippen molar-refractivity contribution >= 4 is 0 Å². The summed E-state index contributed by atoms with van der Waals surface area (Å²) in [6, 6.07) is 0. The molecule has 0 fully saturated rings. The van der Waals surface area contributed by atoms with Gasteiger partial charge in [-0.3, -0.25) is 0 Å². The second-order valence-electron chi connectivity index (χ2n) is 1.50. The summed E-state index contributed by atoms with van der Waals surface area (Å²) < 4.78 is 0. The van der Waals surface area contributed by atoms with E-state index in [-0.39, 0.29) is 0 Å². The second kappa shape index (κ2) is 4.77. The molecule has 3 N–H and O–H groups in total. The van der Waals surface area contributed by atoms with Crippen LogP contribution in [0.3, 0.4) is 0 Å². The molecular weight excluding hydrogens is 106 g/mol. The Balaban J connectivity index is 3.07. The first-order chi connectivity index (χ1) is 3.77. The van der Waals surface area contributed by atoms with Gasteiger partial charge in [-0.1, -0.05) is 12.2 Å². The summed E-state index contributed by atoms with van der Waals surface area (Å²) in [6.45, 7) is 2.01. The van der Waals surface area contributed by atoms with E-state index in [1.165, 1.54) is 0 Å². The number of rotatable bonds is 3. The van der Waals surface area contributed by atoms with Gasteiger partial charge in [0.25, 0.3) is 0 Å². The molecule has 3 heteroatoms. The summed E-state index contributed by atoms with van der Waals surface area (Å²) in [7, 11) is 0. The molecule has 0 aliphatic heterocycles. The van der Waals surface area contributed by atoms with E-state index in [4.69, 9.17) is 5.11 Å². The van der Waals surface area contributed by atoms with Crippen LogP contribution in [-0.4, -0.2) is 17.8 Å². The minimum atomic E-state index is -0.412. The fraction of sp³-hybridized carbons (Fsp3) is 0.600. The van der Waals surface area contributed by atoms with Gasteiger partial charge in [0.2, 0.25) is 0 Å². The fourth-order valence-electron chi connectivity index (χ4n) is 0.308. The van der Waals surface area contributed by atoms with Crippen LogP contribution in [0.5, 0.6) is 0 Å². The lowest BCUT2D eigenvalue weighted by Crippen LogP contribution is -1.99. The highest BCUT2D eigenvalue weighted by Crippen LogP contribution is 1.80. The van der Waals surface area contributed by atoms with Gasteiger partial charge >= 0.3 is 0 Å². The molecule has 0 saturated heterocycles. The largest absolute Gasteiger partial charge is 0.389 e. The molecule has 0 heterocycles. The maximum atomic E-state index is 8.60. The van der Waals surface area contributed by atoms with Crippen LogP contribution >= 0.6 is 0 Å². The maximum absolute atomic E-state index is 8.60. The third kappa shape index (κ3) is 5.62. The van der Waals surface area contributed by atoms with Crippen molar-refractivity contribution in [3.63, 3.8) is 0 Å². The van der Waals surface area contributed by atoms with E-state index < -0.39 is 6.10 Å². The van der Waals surface area contributed by atoms with Crippen LogP contribution < -0.4 is 5.90 Å². The monoisotopic (exact) mass is 117 g/mol. The van der Waals surface area contributed by atoms with Gasteiger partial charge in [0.05, 0.1) is 12.7 Å². The first-order valence-corrected chi connectivity index (χ1v) is 2.43. The molecule has 0 aromatic rings. The van der Waals surface area contributed by atoms with Crippen LogP contribution in [0.2, 0.25) is 0 Å². The summed E-state index contributed by atoms with van der Waals surface area (Å²) in [5.41, 5.74) is 0. The molecule has 1 atom stereocenters. The zero-order chi connectivity index (χ0) is 6.41.